The van der Waals surface area contributed by atoms with E-state index in [1.165, 1.54) is 0 Å². The molecule has 0 fully saturated rings. The second-order valence-electron chi connectivity index (χ2n) is 4.21. The van der Waals surface area contributed by atoms with Crippen LogP contribution in [0.5, 0.6) is 0 Å². The Hall–Kier alpha value is -2.50. The van der Waals surface area contributed by atoms with Crippen LogP contribution in [0, 0.1) is 0 Å². The predicted octanol–water partition coefficient (Wildman–Crippen LogP) is 1.51. The highest BCUT2D eigenvalue weighted by molar-refractivity contribution is 6.58. The first kappa shape index (κ1) is 14.9. The minimum Gasteiger partial charge on any atom is -0.423 e. The van der Waals surface area contributed by atoms with Gasteiger partial charge in [-0.05, 0) is 29.7 Å². The Bertz CT molecular complexity index is 597. The van der Waals surface area contributed by atoms with E-state index in [1.54, 1.807) is 36.7 Å². The molecule has 0 radical (unpaired) electrons. The predicted molar refractivity (Wildman–Crippen MR) is 83.7 cm³/mol. The summed E-state index contributed by atoms with van der Waals surface area (Å²) in [6.45, 7) is 0. The Kier molecular flexibility index (Phi) is 5.64. The van der Waals surface area contributed by atoms with E-state index in [0.717, 1.165) is 11.4 Å². The minimum atomic E-state index is -1.34. The molecule has 0 atom stereocenters. The summed E-state index contributed by atoms with van der Waals surface area (Å²) in [7, 11) is -1.34. The van der Waals surface area contributed by atoms with Gasteiger partial charge in [0.15, 0.2) is 0 Å². The molecule has 0 aliphatic carbocycles. The minimum absolute atomic E-state index is 0.525. The molecule has 2 N–H and O–H groups in total. The van der Waals surface area contributed by atoms with Gasteiger partial charge in [0.2, 0.25) is 0 Å². The molecule has 0 saturated carbocycles. The first-order valence-corrected chi connectivity index (χ1v) is 6.51. The largest absolute Gasteiger partial charge is 0.488 e. The van der Waals surface area contributed by atoms with Gasteiger partial charge in [0, 0.05) is 12.4 Å². The summed E-state index contributed by atoms with van der Waals surface area (Å²) in [4.78, 5) is 8.37. The normalized spacial score (nSPS) is 9.43. The second kappa shape index (κ2) is 7.94. The lowest BCUT2D eigenvalue weighted by molar-refractivity contribution is 0.426. The lowest BCUT2D eigenvalue weighted by Gasteiger charge is -1.96. The van der Waals surface area contributed by atoms with E-state index in [1.807, 2.05) is 42.5 Å². The molecule has 104 valence electrons. The van der Waals surface area contributed by atoms with Gasteiger partial charge in [-0.3, -0.25) is 9.97 Å². The summed E-state index contributed by atoms with van der Waals surface area (Å²) in [5.74, 6) is 0. The van der Waals surface area contributed by atoms with Crippen molar-refractivity contribution in [2.45, 2.75) is 0 Å². The number of nitrogens with zero attached hydrogens (tertiary/aromatic N) is 2. The van der Waals surface area contributed by atoms with Crippen LogP contribution in [0.25, 0.3) is 11.4 Å². The maximum absolute atomic E-state index is 8.58. The molecule has 21 heavy (non-hydrogen) atoms. The molecule has 0 aliphatic heterocycles. The van der Waals surface area contributed by atoms with Gasteiger partial charge in [-0.15, -0.1) is 0 Å². The van der Waals surface area contributed by atoms with Gasteiger partial charge in [-0.1, -0.05) is 42.5 Å². The fourth-order valence-electron chi connectivity index (χ4n) is 1.65. The Morgan fingerprint density at radius 3 is 1.43 bits per heavy atom. The number of pyridine rings is 2. The summed E-state index contributed by atoms with van der Waals surface area (Å²) >= 11 is 0. The third kappa shape index (κ3) is 4.83. The molecule has 0 bridgehead atoms. The Morgan fingerprint density at radius 1 is 0.619 bits per heavy atom. The highest BCUT2D eigenvalue weighted by Gasteiger charge is 2.07. The number of hydrogen-bond donors (Lipinski definition) is 2. The zero-order valence-corrected chi connectivity index (χ0v) is 11.4. The van der Waals surface area contributed by atoms with Gasteiger partial charge in [0.25, 0.3) is 0 Å². The molecule has 1 aromatic carbocycles. The SMILES string of the molecule is OB(O)c1ccccc1.c1ccc(-c2ccccn2)nc1. The standard InChI is InChI=1S/C10H8N2.C6H7BO2/c1-3-7-11-9(5-1)10-6-2-4-8-12-10;8-7(9)6-4-2-1-3-5-6/h1-8H;1-5,8-9H. The van der Waals surface area contributed by atoms with Crippen molar-refractivity contribution in [3.8, 4) is 11.4 Å². The smallest absolute Gasteiger partial charge is 0.423 e. The Labute approximate surface area is 123 Å². The van der Waals surface area contributed by atoms with Gasteiger partial charge in [-0.25, -0.2) is 0 Å². The fraction of sp³-hybridized carbons (Fsp3) is 0. The van der Waals surface area contributed by atoms with Crippen molar-refractivity contribution in [3.63, 3.8) is 0 Å². The van der Waals surface area contributed by atoms with Gasteiger partial charge >= 0.3 is 7.12 Å². The van der Waals surface area contributed by atoms with Crippen molar-refractivity contribution >= 4 is 12.6 Å². The van der Waals surface area contributed by atoms with Crippen molar-refractivity contribution in [1.29, 1.82) is 0 Å². The van der Waals surface area contributed by atoms with E-state index in [2.05, 4.69) is 9.97 Å². The van der Waals surface area contributed by atoms with E-state index in [9.17, 15) is 0 Å². The zero-order chi connectivity index (χ0) is 14.9. The number of benzene rings is 1. The summed E-state index contributed by atoms with van der Waals surface area (Å²) in [6.07, 6.45) is 3.54. The van der Waals surface area contributed by atoms with Gasteiger partial charge in [0.05, 0.1) is 11.4 Å². The van der Waals surface area contributed by atoms with Crippen LogP contribution >= 0.6 is 0 Å². The van der Waals surface area contributed by atoms with Crippen LogP contribution in [-0.4, -0.2) is 27.1 Å². The number of hydrogen-bond acceptors (Lipinski definition) is 4. The molecule has 0 amide bonds. The van der Waals surface area contributed by atoms with E-state index in [0.29, 0.717) is 5.46 Å². The van der Waals surface area contributed by atoms with E-state index in [-0.39, 0.29) is 0 Å². The quantitative estimate of drug-likeness (QED) is 0.697. The number of rotatable bonds is 2. The van der Waals surface area contributed by atoms with E-state index >= 15 is 0 Å². The van der Waals surface area contributed by atoms with Gasteiger partial charge in [-0.2, -0.15) is 0 Å². The molecule has 3 rings (SSSR count). The molecule has 0 aliphatic rings. The average Bonchev–Trinajstić information content (AvgIpc) is 2.58. The first-order valence-electron chi connectivity index (χ1n) is 6.51. The molecular formula is C16H15BN2O2. The summed E-state index contributed by atoms with van der Waals surface area (Å²) in [5, 5.41) is 17.2. The summed E-state index contributed by atoms with van der Waals surface area (Å²) < 4.78 is 0. The third-order valence-electron chi connectivity index (χ3n) is 2.69. The molecule has 3 aromatic rings. The highest BCUT2D eigenvalue weighted by atomic mass is 16.4. The van der Waals surface area contributed by atoms with Crippen molar-refractivity contribution in [2.24, 2.45) is 0 Å². The molecule has 0 spiro atoms. The van der Waals surface area contributed by atoms with Crippen LogP contribution in [0.15, 0.2) is 79.1 Å². The van der Waals surface area contributed by atoms with Gasteiger partial charge in [0.1, 0.15) is 0 Å². The van der Waals surface area contributed by atoms with E-state index in [4.69, 9.17) is 10.0 Å². The van der Waals surface area contributed by atoms with Crippen LogP contribution in [0.4, 0.5) is 0 Å². The maximum atomic E-state index is 8.58. The van der Waals surface area contributed by atoms with Crippen LogP contribution in [0.2, 0.25) is 0 Å². The first-order chi connectivity index (χ1) is 10.3. The van der Waals surface area contributed by atoms with Gasteiger partial charge < -0.3 is 10.0 Å². The topological polar surface area (TPSA) is 66.2 Å². The zero-order valence-electron chi connectivity index (χ0n) is 11.4. The lowest BCUT2D eigenvalue weighted by Crippen LogP contribution is -2.29. The molecule has 2 aromatic heterocycles. The van der Waals surface area contributed by atoms with Crippen molar-refractivity contribution in [3.05, 3.63) is 79.1 Å². The molecule has 2 heterocycles. The fourth-order valence-corrected chi connectivity index (χ4v) is 1.65. The Morgan fingerprint density at radius 2 is 1.10 bits per heavy atom. The molecular weight excluding hydrogens is 263 g/mol. The van der Waals surface area contributed by atoms with Crippen LogP contribution in [0.3, 0.4) is 0 Å². The summed E-state index contributed by atoms with van der Waals surface area (Å²) in [5.41, 5.74) is 2.36. The molecule has 0 unspecified atom stereocenters. The molecule has 0 saturated heterocycles. The highest BCUT2D eigenvalue weighted by Crippen LogP contribution is 2.10. The van der Waals surface area contributed by atoms with E-state index < -0.39 is 7.12 Å². The monoisotopic (exact) mass is 278 g/mol. The van der Waals surface area contributed by atoms with Crippen LogP contribution < -0.4 is 5.46 Å². The molecule has 5 heteroatoms. The van der Waals surface area contributed by atoms with Crippen LogP contribution in [-0.2, 0) is 0 Å². The lowest BCUT2D eigenvalue weighted by atomic mass is 9.81. The third-order valence-corrected chi connectivity index (χ3v) is 2.69. The maximum Gasteiger partial charge on any atom is 0.488 e. The van der Waals surface area contributed by atoms with Crippen molar-refractivity contribution in [1.82, 2.24) is 9.97 Å². The summed E-state index contributed by atoms with van der Waals surface area (Å²) in [6, 6.07) is 20.3. The van der Waals surface area contributed by atoms with Crippen LogP contribution in [0.1, 0.15) is 0 Å². The Balaban J connectivity index is 0.000000161. The second-order valence-corrected chi connectivity index (χ2v) is 4.21. The van der Waals surface area contributed by atoms with Crippen molar-refractivity contribution < 1.29 is 10.0 Å². The average molecular weight is 278 g/mol. The number of aromatic nitrogens is 2. The molecule has 4 nitrogen and oxygen atoms in total. The van der Waals surface area contributed by atoms with Crippen molar-refractivity contribution in [2.75, 3.05) is 0 Å².